The lowest BCUT2D eigenvalue weighted by Gasteiger charge is -2.40. The predicted molar refractivity (Wildman–Crippen MR) is 178 cm³/mol. The van der Waals surface area contributed by atoms with E-state index in [4.69, 9.17) is 15.6 Å². The van der Waals surface area contributed by atoms with Crippen LogP contribution in [0, 0.1) is 10.8 Å². The summed E-state index contributed by atoms with van der Waals surface area (Å²) in [7, 11) is 0. The highest BCUT2D eigenvalue weighted by molar-refractivity contribution is 6.13. The molecule has 1 spiro atoms. The molecule has 0 atom stereocenters. The highest BCUT2D eigenvalue weighted by Crippen LogP contribution is 2.63. The Bertz CT molecular complexity index is 2080. The molecular formula is C41H28N2O. The summed E-state index contributed by atoms with van der Waals surface area (Å²) in [6.45, 7) is 0. The van der Waals surface area contributed by atoms with E-state index in [1.54, 1.807) is 12.2 Å². The molecule has 2 N–H and O–H groups in total. The molecule has 44 heavy (non-hydrogen) atoms. The summed E-state index contributed by atoms with van der Waals surface area (Å²) >= 11 is 0. The fourth-order valence-electron chi connectivity index (χ4n) is 6.91. The quantitative estimate of drug-likeness (QED) is 0.201. The molecule has 0 unspecified atom stereocenters. The Kier molecular flexibility index (Phi) is 5.99. The molecule has 0 radical (unpaired) electrons. The van der Waals surface area contributed by atoms with E-state index < -0.39 is 5.41 Å². The van der Waals surface area contributed by atoms with E-state index in [9.17, 15) is 0 Å². The normalized spacial score (nSPS) is 13.5. The number of hydrogen-bond acceptors (Lipinski definition) is 3. The van der Waals surface area contributed by atoms with Crippen molar-refractivity contribution in [1.29, 1.82) is 10.8 Å². The summed E-state index contributed by atoms with van der Waals surface area (Å²) in [4.78, 5) is 0. The summed E-state index contributed by atoms with van der Waals surface area (Å²) in [5.74, 6) is 1.72. The lowest BCUT2D eigenvalue weighted by Crippen LogP contribution is -2.32. The van der Waals surface area contributed by atoms with Crippen molar-refractivity contribution in [1.82, 2.24) is 0 Å². The van der Waals surface area contributed by atoms with Gasteiger partial charge in [-0.25, -0.2) is 0 Å². The third-order valence-electron chi connectivity index (χ3n) is 8.88. The highest BCUT2D eigenvalue weighted by Gasteiger charge is 2.51. The second kappa shape index (κ2) is 10.2. The van der Waals surface area contributed by atoms with E-state index in [1.165, 1.54) is 22.3 Å². The van der Waals surface area contributed by atoms with Crippen molar-refractivity contribution in [3.63, 3.8) is 0 Å². The Morgan fingerprint density at radius 1 is 0.455 bits per heavy atom. The van der Waals surface area contributed by atoms with Crippen LogP contribution in [0.3, 0.4) is 0 Å². The molecule has 0 bridgehead atoms. The molecule has 208 valence electrons. The van der Waals surface area contributed by atoms with Gasteiger partial charge in [0, 0.05) is 16.7 Å². The fraction of sp³-hybridized carbons (Fsp3) is 0.0244. The molecule has 6 aromatic rings. The SMILES string of the molecule is N=C(/C=C\C(=N)c1ccc(-c2cccc3c2Oc2ccccc2C32c3ccccc3-c3ccccc32)cc1)c1ccccc1. The van der Waals surface area contributed by atoms with Crippen LogP contribution < -0.4 is 4.74 Å². The van der Waals surface area contributed by atoms with E-state index in [0.29, 0.717) is 11.4 Å². The van der Waals surface area contributed by atoms with Crippen LogP contribution in [0.25, 0.3) is 22.3 Å². The van der Waals surface area contributed by atoms with Gasteiger partial charge in [0.1, 0.15) is 11.5 Å². The monoisotopic (exact) mass is 564 g/mol. The summed E-state index contributed by atoms with van der Waals surface area (Å²) in [6.07, 6.45) is 3.37. The standard InChI is InChI=1S/C41H28N2O/c42-37(28-11-2-1-3-12-28)25-26-38(43)29-23-21-27(22-24-29)30-15-10-19-36-40(30)44-39-20-9-8-18-35(39)41(36)33-16-6-4-13-31(33)32-14-5-7-17-34(32)41/h1-26,42-43H/b26-25-,42-37?,43-38?. The van der Waals surface area contributed by atoms with Gasteiger partial charge in [-0.15, -0.1) is 0 Å². The van der Waals surface area contributed by atoms with Gasteiger partial charge in [0.05, 0.1) is 16.8 Å². The van der Waals surface area contributed by atoms with Crippen molar-refractivity contribution >= 4 is 11.4 Å². The minimum atomic E-state index is -0.497. The van der Waals surface area contributed by atoms with Crippen LogP contribution in [-0.4, -0.2) is 11.4 Å². The Morgan fingerprint density at radius 3 is 1.61 bits per heavy atom. The van der Waals surface area contributed by atoms with Crippen molar-refractivity contribution in [2.24, 2.45) is 0 Å². The lowest BCUT2D eigenvalue weighted by molar-refractivity contribution is 0.438. The van der Waals surface area contributed by atoms with E-state index in [0.717, 1.165) is 44.9 Å². The first kappa shape index (κ1) is 25.9. The van der Waals surface area contributed by atoms with Gasteiger partial charge in [-0.1, -0.05) is 140 Å². The molecule has 3 nitrogen and oxygen atoms in total. The van der Waals surface area contributed by atoms with Crippen LogP contribution >= 0.6 is 0 Å². The van der Waals surface area contributed by atoms with Gasteiger partial charge in [-0.05, 0) is 57.2 Å². The minimum Gasteiger partial charge on any atom is -0.456 e. The first-order chi connectivity index (χ1) is 21.7. The van der Waals surface area contributed by atoms with Crippen molar-refractivity contribution in [2.45, 2.75) is 5.41 Å². The zero-order chi connectivity index (χ0) is 29.7. The first-order valence-electron chi connectivity index (χ1n) is 14.8. The number of nitrogens with one attached hydrogen (secondary N) is 2. The predicted octanol–water partition coefficient (Wildman–Crippen LogP) is 9.81. The number of allylic oxidation sites excluding steroid dienone is 2. The van der Waals surface area contributed by atoms with Crippen LogP contribution in [0.2, 0.25) is 0 Å². The summed E-state index contributed by atoms with van der Waals surface area (Å²) < 4.78 is 6.79. The second-order valence-corrected chi connectivity index (χ2v) is 11.2. The van der Waals surface area contributed by atoms with E-state index in [1.807, 2.05) is 48.5 Å². The van der Waals surface area contributed by atoms with Crippen molar-refractivity contribution in [3.05, 3.63) is 191 Å². The van der Waals surface area contributed by atoms with Crippen LogP contribution in [0.5, 0.6) is 11.5 Å². The van der Waals surface area contributed by atoms with Crippen LogP contribution in [0.1, 0.15) is 33.4 Å². The summed E-state index contributed by atoms with van der Waals surface area (Å²) in [5, 5.41) is 17.0. The van der Waals surface area contributed by atoms with E-state index in [2.05, 4.69) is 97.1 Å². The Balaban J connectivity index is 1.23. The molecule has 1 heterocycles. The number of fused-ring (bicyclic) bond motifs is 9. The van der Waals surface area contributed by atoms with Gasteiger partial charge in [-0.3, -0.25) is 0 Å². The van der Waals surface area contributed by atoms with Gasteiger partial charge < -0.3 is 15.6 Å². The number of hydrogen-bond donors (Lipinski definition) is 2. The second-order valence-electron chi connectivity index (χ2n) is 11.2. The molecule has 3 heteroatoms. The summed E-state index contributed by atoms with van der Waals surface area (Å²) in [5.41, 5.74) is 11.2. The van der Waals surface area contributed by atoms with E-state index >= 15 is 0 Å². The molecule has 0 amide bonds. The Hall–Kier alpha value is -5.80. The summed E-state index contributed by atoms with van der Waals surface area (Å²) in [6, 6.07) is 50.0. The molecule has 2 aliphatic rings. The third kappa shape index (κ3) is 3.83. The third-order valence-corrected chi connectivity index (χ3v) is 8.88. The molecule has 0 saturated heterocycles. The van der Waals surface area contributed by atoms with Gasteiger partial charge in [0.25, 0.3) is 0 Å². The smallest absolute Gasteiger partial charge is 0.140 e. The van der Waals surface area contributed by atoms with E-state index in [-0.39, 0.29) is 0 Å². The largest absolute Gasteiger partial charge is 0.456 e. The van der Waals surface area contributed by atoms with Crippen molar-refractivity contribution in [2.75, 3.05) is 0 Å². The van der Waals surface area contributed by atoms with Crippen LogP contribution in [0.15, 0.2) is 158 Å². The molecule has 0 aromatic heterocycles. The maximum Gasteiger partial charge on any atom is 0.140 e. The maximum absolute atomic E-state index is 8.63. The number of benzene rings is 6. The minimum absolute atomic E-state index is 0.357. The molecule has 0 fully saturated rings. The molecule has 1 aliphatic carbocycles. The van der Waals surface area contributed by atoms with Gasteiger partial charge in [0.2, 0.25) is 0 Å². The van der Waals surface area contributed by atoms with Crippen LogP contribution in [-0.2, 0) is 5.41 Å². The molecule has 1 aliphatic heterocycles. The van der Waals surface area contributed by atoms with Gasteiger partial charge in [0.15, 0.2) is 0 Å². The maximum atomic E-state index is 8.63. The number of ether oxygens (including phenoxy) is 1. The van der Waals surface area contributed by atoms with Gasteiger partial charge in [-0.2, -0.15) is 0 Å². The number of rotatable bonds is 5. The average Bonchev–Trinajstić information content (AvgIpc) is 3.38. The Morgan fingerprint density at radius 2 is 0.955 bits per heavy atom. The zero-order valence-corrected chi connectivity index (χ0v) is 23.9. The first-order valence-corrected chi connectivity index (χ1v) is 14.8. The average molecular weight is 565 g/mol. The Labute approximate surface area is 256 Å². The molecule has 0 saturated carbocycles. The fourth-order valence-corrected chi connectivity index (χ4v) is 6.91. The molecule has 6 aromatic carbocycles. The van der Waals surface area contributed by atoms with Gasteiger partial charge >= 0.3 is 0 Å². The topological polar surface area (TPSA) is 56.9 Å². The van der Waals surface area contributed by atoms with Crippen molar-refractivity contribution in [3.8, 4) is 33.8 Å². The zero-order valence-electron chi connectivity index (χ0n) is 23.9. The molecular weight excluding hydrogens is 536 g/mol. The lowest BCUT2D eigenvalue weighted by atomic mass is 9.65. The molecule has 8 rings (SSSR count). The highest BCUT2D eigenvalue weighted by atomic mass is 16.5. The van der Waals surface area contributed by atoms with Crippen LogP contribution in [0.4, 0.5) is 0 Å². The van der Waals surface area contributed by atoms with Crippen molar-refractivity contribution < 1.29 is 4.74 Å². The number of para-hydroxylation sites is 2.